The number of nitrogens with zero attached hydrogens (tertiary/aromatic N) is 1. The minimum absolute atomic E-state index is 0. The molecule has 0 unspecified atom stereocenters. The summed E-state index contributed by atoms with van der Waals surface area (Å²) in [6, 6.07) is 5.21. The van der Waals surface area contributed by atoms with Crippen LogP contribution in [0, 0.1) is 12.7 Å². The van der Waals surface area contributed by atoms with Gasteiger partial charge < -0.3 is 20.1 Å². The average Bonchev–Trinajstić information content (AvgIpc) is 2.54. The molecular formula is C17H29FIN3O2. The standard InChI is InChI=1S/C17H28FN3O2.HI/c1-4-19-17(20-8-5-9-23-11-10-22-3)21-13-15-7-6-14(2)16(18)12-15;/h6-7,12H,4-5,8-11,13H2,1-3H3,(H2,19,20,21);1H. The number of rotatable bonds is 10. The summed E-state index contributed by atoms with van der Waals surface area (Å²) in [7, 11) is 1.66. The summed E-state index contributed by atoms with van der Waals surface area (Å²) in [4.78, 5) is 4.47. The molecule has 2 N–H and O–H groups in total. The van der Waals surface area contributed by atoms with Crippen LogP contribution < -0.4 is 10.6 Å². The van der Waals surface area contributed by atoms with Crippen LogP contribution in [0.3, 0.4) is 0 Å². The summed E-state index contributed by atoms with van der Waals surface area (Å²) < 4.78 is 23.8. The summed E-state index contributed by atoms with van der Waals surface area (Å²) in [5.74, 6) is 0.536. The van der Waals surface area contributed by atoms with Gasteiger partial charge in [-0.25, -0.2) is 9.38 Å². The third-order valence-corrected chi connectivity index (χ3v) is 3.19. The van der Waals surface area contributed by atoms with E-state index < -0.39 is 0 Å². The molecule has 0 amide bonds. The Bertz CT molecular complexity index is 487. The monoisotopic (exact) mass is 453 g/mol. The van der Waals surface area contributed by atoms with Crippen LogP contribution in [0.5, 0.6) is 0 Å². The number of benzene rings is 1. The number of nitrogens with one attached hydrogen (secondary N) is 2. The predicted octanol–water partition coefficient (Wildman–Crippen LogP) is 2.86. The molecule has 0 spiro atoms. The maximum Gasteiger partial charge on any atom is 0.191 e. The van der Waals surface area contributed by atoms with E-state index in [4.69, 9.17) is 9.47 Å². The first-order chi connectivity index (χ1) is 11.2. The molecule has 0 heterocycles. The molecule has 0 radical (unpaired) electrons. The van der Waals surface area contributed by atoms with Crippen LogP contribution in [0.15, 0.2) is 23.2 Å². The second kappa shape index (κ2) is 14.4. The first-order valence-electron chi connectivity index (χ1n) is 8.01. The number of hydrogen-bond acceptors (Lipinski definition) is 3. The molecule has 0 fully saturated rings. The van der Waals surface area contributed by atoms with Gasteiger partial charge in [-0.2, -0.15) is 0 Å². The summed E-state index contributed by atoms with van der Waals surface area (Å²) in [5, 5.41) is 6.42. The van der Waals surface area contributed by atoms with Gasteiger partial charge in [0.1, 0.15) is 5.82 Å². The van der Waals surface area contributed by atoms with Crippen LogP contribution in [0.4, 0.5) is 4.39 Å². The Morgan fingerprint density at radius 3 is 2.67 bits per heavy atom. The molecule has 0 aromatic heterocycles. The lowest BCUT2D eigenvalue weighted by molar-refractivity contribution is 0.0698. The first-order valence-corrected chi connectivity index (χ1v) is 8.01. The van der Waals surface area contributed by atoms with E-state index in [0.29, 0.717) is 31.9 Å². The fourth-order valence-electron chi connectivity index (χ4n) is 1.87. The van der Waals surface area contributed by atoms with E-state index in [1.807, 2.05) is 13.0 Å². The molecule has 0 atom stereocenters. The van der Waals surface area contributed by atoms with Crippen molar-refractivity contribution >= 4 is 29.9 Å². The molecular weight excluding hydrogens is 424 g/mol. The van der Waals surface area contributed by atoms with Crippen molar-refractivity contribution in [1.29, 1.82) is 0 Å². The average molecular weight is 453 g/mol. The van der Waals surface area contributed by atoms with E-state index in [0.717, 1.165) is 31.0 Å². The molecule has 1 aromatic carbocycles. The highest BCUT2D eigenvalue weighted by Crippen LogP contribution is 2.09. The quantitative estimate of drug-likeness (QED) is 0.248. The Balaban J connectivity index is 0.00000529. The van der Waals surface area contributed by atoms with Crippen molar-refractivity contribution in [2.24, 2.45) is 4.99 Å². The third-order valence-electron chi connectivity index (χ3n) is 3.19. The van der Waals surface area contributed by atoms with Gasteiger partial charge >= 0.3 is 0 Å². The highest BCUT2D eigenvalue weighted by atomic mass is 127. The van der Waals surface area contributed by atoms with Crippen molar-refractivity contribution in [3.8, 4) is 0 Å². The lowest BCUT2D eigenvalue weighted by Crippen LogP contribution is -2.38. The van der Waals surface area contributed by atoms with Crippen LogP contribution in [0.25, 0.3) is 0 Å². The van der Waals surface area contributed by atoms with E-state index in [9.17, 15) is 4.39 Å². The van der Waals surface area contributed by atoms with Crippen molar-refractivity contribution in [3.63, 3.8) is 0 Å². The molecule has 24 heavy (non-hydrogen) atoms. The van der Waals surface area contributed by atoms with Gasteiger partial charge in [0.15, 0.2) is 5.96 Å². The molecule has 5 nitrogen and oxygen atoms in total. The van der Waals surface area contributed by atoms with Gasteiger partial charge in [-0.1, -0.05) is 12.1 Å². The van der Waals surface area contributed by atoms with Gasteiger partial charge in [-0.05, 0) is 37.5 Å². The van der Waals surface area contributed by atoms with Crippen molar-refractivity contribution < 1.29 is 13.9 Å². The topological polar surface area (TPSA) is 54.9 Å². The molecule has 0 saturated heterocycles. The minimum Gasteiger partial charge on any atom is -0.382 e. The number of aryl methyl sites for hydroxylation is 1. The Kier molecular flexibility index (Phi) is 13.9. The minimum atomic E-state index is -0.191. The summed E-state index contributed by atoms with van der Waals surface area (Å²) in [5.41, 5.74) is 1.50. The van der Waals surface area contributed by atoms with Crippen LogP contribution in [-0.4, -0.2) is 46.0 Å². The van der Waals surface area contributed by atoms with E-state index in [-0.39, 0.29) is 29.8 Å². The molecule has 1 rings (SSSR count). The van der Waals surface area contributed by atoms with Crippen molar-refractivity contribution in [1.82, 2.24) is 10.6 Å². The normalized spacial score (nSPS) is 11.1. The number of ether oxygens (including phenoxy) is 2. The first kappa shape index (κ1) is 23.1. The highest BCUT2D eigenvalue weighted by Gasteiger charge is 2.01. The lowest BCUT2D eigenvalue weighted by atomic mass is 10.1. The van der Waals surface area contributed by atoms with Crippen LogP contribution in [0.2, 0.25) is 0 Å². The van der Waals surface area contributed by atoms with Gasteiger partial charge in [0.05, 0.1) is 19.8 Å². The maximum absolute atomic E-state index is 13.5. The van der Waals surface area contributed by atoms with Crippen LogP contribution >= 0.6 is 24.0 Å². The maximum atomic E-state index is 13.5. The Morgan fingerprint density at radius 2 is 2.00 bits per heavy atom. The zero-order valence-corrected chi connectivity index (χ0v) is 17.1. The largest absolute Gasteiger partial charge is 0.382 e. The van der Waals surface area contributed by atoms with E-state index in [1.165, 1.54) is 6.07 Å². The van der Waals surface area contributed by atoms with Gasteiger partial charge in [0.2, 0.25) is 0 Å². The van der Waals surface area contributed by atoms with Crippen LogP contribution in [-0.2, 0) is 16.0 Å². The Hall–Kier alpha value is -0.930. The summed E-state index contributed by atoms with van der Waals surface area (Å²) in [6.45, 7) is 7.66. The lowest BCUT2D eigenvalue weighted by Gasteiger charge is -2.11. The summed E-state index contributed by atoms with van der Waals surface area (Å²) >= 11 is 0. The van der Waals surface area contributed by atoms with Crippen LogP contribution in [0.1, 0.15) is 24.5 Å². The Labute approximate surface area is 161 Å². The molecule has 138 valence electrons. The van der Waals surface area contributed by atoms with Gasteiger partial charge in [-0.3, -0.25) is 0 Å². The molecule has 1 aromatic rings. The predicted molar refractivity (Wildman–Crippen MR) is 107 cm³/mol. The fourth-order valence-corrected chi connectivity index (χ4v) is 1.87. The second-order valence-electron chi connectivity index (χ2n) is 5.16. The summed E-state index contributed by atoms with van der Waals surface area (Å²) in [6.07, 6.45) is 0.882. The third kappa shape index (κ3) is 10.0. The molecule has 7 heteroatoms. The van der Waals surface area contributed by atoms with E-state index in [2.05, 4.69) is 15.6 Å². The number of hydrogen-bond donors (Lipinski definition) is 2. The zero-order chi connectivity index (χ0) is 16.9. The van der Waals surface area contributed by atoms with Crippen molar-refractivity contribution in [2.75, 3.05) is 40.0 Å². The van der Waals surface area contributed by atoms with Gasteiger partial charge in [-0.15, -0.1) is 24.0 Å². The molecule has 0 aliphatic heterocycles. The van der Waals surface area contributed by atoms with Crippen molar-refractivity contribution in [2.45, 2.75) is 26.8 Å². The van der Waals surface area contributed by atoms with Crippen molar-refractivity contribution in [3.05, 3.63) is 35.1 Å². The Morgan fingerprint density at radius 1 is 1.21 bits per heavy atom. The number of halogens is 2. The molecule has 0 aliphatic rings. The molecule has 0 saturated carbocycles. The zero-order valence-electron chi connectivity index (χ0n) is 14.7. The fraction of sp³-hybridized carbons (Fsp3) is 0.588. The smallest absolute Gasteiger partial charge is 0.191 e. The van der Waals surface area contributed by atoms with E-state index in [1.54, 1.807) is 20.1 Å². The second-order valence-corrected chi connectivity index (χ2v) is 5.16. The number of aliphatic imine (C=N–C) groups is 1. The van der Waals surface area contributed by atoms with Gasteiger partial charge in [0.25, 0.3) is 0 Å². The molecule has 0 aliphatic carbocycles. The van der Waals surface area contributed by atoms with E-state index >= 15 is 0 Å². The SMILES string of the molecule is CCNC(=NCc1ccc(C)c(F)c1)NCCCOCCOC.I. The number of guanidine groups is 1. The number of methoxy groups -OCH3 is 1. The molecule has 0 bridgehead atoms. The highest BCUT2D eigenvalue weighted by molar-refractivity contribution is 14.0. The van der Waals surface area contributed by atoms with Gasteiger partial charge in [0, 0.05) is 26.8 Å².